The highest BCUT2D eigenvalue weighted by atomic mass is 16.5. The quantitative estimate of drug-likeness (QED) is 0.320. The normalized spacial score (nSPS) is 17.4. The number of fused-ring (bicyclic) bond motifs is 2. The van der Waals surface area contributed by atoms with Crippen LogP contribution in [0.3, 0.4) is 0 Å². The van der Waals surface area contributed by atoms with Crippen LogP contribution in [-0.2, 0) is 9.53 Å². The van der Waals surface area contributed by atoms with Crippen molar-refractivity contribution in [1.82, 2.24) is 19.3 Å². The maximum absolute atomic E-state index is 13.0. The molecule has 3 heterocycles. The third-order valence-corrected chi connectivity index (χ3v) is 7.01. The minimum atomic E-state index is -0.400. The summed E-state index contributed by atoms with van der Waals surface area (Å²) < 4.78 is 8.47. The number of carbonyl (C=O) groups is 3. The number of benzene rings is 1. The van der Waals surface area contributed by atoms with Crippen molar-refractivity contribution in [3.05, 3.63) is 54.4 Å². The van der Waals surface area contributed by atoms with E-state index in [-0.39, 0.29) is 37.0 Å². The zero-order valence-corrected chi connectivity index (χ0v) is 21.6. The number of para-hydroxylation sites is 1. The first kappa shape index (κ1) is 25.5. The van der Waals surface area contributed by atoms with Gasteiger partial charge in [-0.15, -0.1) is 0 Å². The van der Waals surface area contributed by atoms with Gasteiger partial charge in [0.2, 0.25) is 5.91 Å². The summed E-state index contributed by atoms with van der Waals surface area (Å²) in [5.74, 6) is -0.123. The standard InChI is InChI=1S/C28H32N6O4/c1-3-38-25(36)15-30-27-26(22-16-34(17(2)35)23-7-5-4-6-21(22)23)32-24-14-18(12-13-33(24)27)28(37)31-20-10-8-19(29)9-11-20/h4-7,12-14,16,19-20,30H,3,8-11,15,29H2,1-2H3,(H,31,37). The Labute approximate surface area is 220 Å². The molecule has 0 unspecified atom stereocenters. The number of aromatic nitrogens is 3. The number of esters is 1. The minimum Gasteiger partial charge on any atom is -0.465 e. The van der Waals surface area contributed by atoms with Crippen LogP contribution in [0.4, 0.5) is 5.82 Å². The molecule has 10 nitrogen and oxygen atoms in total. The lowest BCUT2D eigenvalue weighted by Crippen LogP contribution is -2.40. The number of hydrogen-bond donors (Lipinski definition) is 3. The molecule has 1 aliphatic rings. The molecule has 4 aromatic rings. The molecule has 0 aliphatic heterocycles. The third kappa shape index (κ3) is 4.99. The van der Waals surface area contributed by atoms with Crippen molar-refractivity contribution in [3.8, 4) is 11.3 Å². The number of nitrogens with two attached hydrogens (primary N) is 1. The van der Waals surface area contributed by atoms with E-state index in [0.29, 0.717) is 22.7 Å². The predicted octanol–water partition coefficient (Wildman–Crippen LogP) is 3.59. The molecular formula is C28H32N6O4. The molecule has 0 radical (unpaired) electrons. The summed E-state index contributed by atoms with van der Waals surface area (Å²) in [5.41, 5.74) is 9.08. The summed E-state index contributed by atoms with van der Waals surface area (Å²) in [6, 6.07) is 11.4. The lowest BCUT2D eigenvalue weighted by Gasteiger charge is -2.26. The second-order valence-electron chi connectivity index (χ2n) is 9.65. The second kappa shape index (κ2) is 10.7. The van der Waals surface area contributed by atoms with Gasteiger partial charge in [0.25, 0.3) is 5.91 Å². The molecule has 10 heteroatoms. The van der Waals surface area contributed by atoms with Crippen LogP contribution < -0.4 is 16.4 Å². The number of ether oxygens (including phenoxy) is 1. The number of hydrogen-bond acceptors (Lipinski definition) is 7. The van der Waals surface area contributed by atoms with Crippen LogP contribution in [0.2, 0.25) is 0 Å². The largest absolute Gasteiger partial charge is 0.465 e. The average Bonchev–Trinajstić information content (AvgIpc) is 3.47. The highest BCUT2D eigenvalue weighted by Crippen LogP contribution is 2.35. The molecule has 1 aromatic carbocycles. The first-order valence-corrected chi connectivity index (χ1v) is 12.9. The van der Waals surface area contributed by atoms with Crippen LogP contribution in [0.1, 0.15) is 54.7 Å². The lowest BCUT2D eigenvalue weighted by molar-refractivity contribution is -0.140. The molecule has 0 atom stereocenters. The number of nitrogens with zero attached hydrogens (tertiary/aromatic N) is 3. The van der Waals surface area contributed by atoms with Crippen molar-refractivity contribution in [2.24, 2.45) is 5.73 Å². The van der Waals surface area contributed by atoms with Gasteiger partial charge in [0.1, 0.15) is 23.7 Å². The fraction of sp³-hybridized carbons (Fsp3) is 0.357. The Kier molecular flexibility index (Phi) is 7.15. The molecule has 1 fully saturated rings. The first-order valence-electron chi connectivity index (χ1n) is 12.9. The molecule has 5 rings (SSSR count). The van der Waals surface area contributed by atoms with Gasteiger partial charge in [0.05, 0.1) is 12.1 Å². The molecule has 1 aliphatic carbocycles. The molecule has 0 saturated heterocycles. The van der Waals surface area contributed by atoms with Crippen LogP contribution in [0, 0.1) is 0 Å². The predicted molar refractivity (Wildman–Crippen MR) is 145 cm³/mol. The van der Waals surface area contributed by atoms with Gasteiger partial charge in [0, 0.05) is 47.9 Å². The Morgan fingerprint density at radius 1 is 1.13 bits per heavy atom. The van der Waals surface area contributed by atoms with Crippen LogP contribution >= 0.6 is 0 Å². The maximum Gasteiger partial charge on any atom is 0.325 e. The molecule has 3 aromatic heterocycles. The Morgan fingerprint density at radius 3 is 2.63 bits per heavy atom. The number of pyridine rings is 1. The van der Waals surface area contributed by atoms with Crippen molar-refractivity contribution >= 4 is 40.2 Å². The molecular weight excluding hydrogens is 484 g/mol. The van der Waals surface area contributed by atoms with E-state index < -0.39 is 5.97 Å². The molecule has 1 amide bonds. The van der Waals surface area contributed by atoms with Gasteiger partial charge in [-0.05, 0) is 50.8 Å². The monoisotopic (exact) mass is 516 g/mol. The maximum atomic E-state index is 13.0. The van der Waals surface area contributed by atoms with Crippen molar-refractivity contribution in [2.45, 2.75) is 51.6 Å². The van der Waals surface area contributed by atoms with Crippen molar-refractivity contribution < 1.29 is 19.1 Å². The van der Waals surface area contributed by atoms with E-state index in [1.807, 2.05) is 24.3 Å². The Balaban J connectivity index is 1.55. The molecule has 0 bridgehead atoms. The van der Waals surface area contributed by atoms with E-state index in [9.17, 15) is 14.4 Å². The lowest BCUT2D eigenvalue weighted by atomic mass is 9.91. The number of anilines is 1. The summed E-state index contributed by atoms with van der Waals surface area (Å²) in [5, 5.41) is 7.12. The van der Waals surface area contributed by atoms with Crippen molar-refractivity contribution in [1.29, 1.82) is 0 Å². The molecule has 0 spiro atoms. The van der Waals surface area contributed by atoms with Gasteiger partial charge in [-0.2, -0.15) is 0 Å². The second-order valence-corrected chi connectivity index (χ2v) is 9.65. The van der Waals surface area contributed by atoms with E-state index in [4.69, 9.17) is 15.5 Å². The Hall–Kier alpha value is -4.18. The number of rotatable bonds is 7. The molecule has 4 N–H and O–H groups in total. The van der Waals surface area contributed by atoms with E-state index in [1.165, 1.54) is 6.92 Å². The van der Waals surface area contributed by atoms with Gasteiger partial charge in [-0.1, -0.05) is 18.2 Å². The van der Waals surface area contributed by atoms with Gasteiger partial charge < -0.3 is 21.1 Å². The van der Waals surface area contributed by atoms with E-state index in [2.05, 4.69) is 10.6 Å². The van der Waals surface area contributed by atoms with Crippen LogP contribution in [0.15, 0.2) is 48.8 Å². The summed E-state index contributed by atoms with van der Waals surface area (Å²) >= 11 is 0. The molecule has 198 valence electrons. The van der Waals surface area contributed by atoms with Crippen LogP contribution in [-0.4, -0.2) is 57.0 Å². The number of nitrogens with one attached hydrogen (secondary N) is 2. The van der Waals surface area contributed by atoms with Gasteiger partial charge in [-0.3, -0.25) is 23.4 Å². The summed E-state index contributed by atoms with van der Waals surface area (Å²) in [6.07, 6.45) is 7.05. The Morgan fingerprint density at radius 2 is 1.89 bits per heavy atom. The van der Waals surface area contributed by atoms with Gasteiger partial charge >= 0.3 is 5.97 Å². The van der Waals surface area contributed by atoms with Crippen molar-refractivity contribution in [2.75, 3.05) is 18.5 Å². The summed E-state index contributed by atoms with van der Waals surface area (Å²) in [7, 11) is 0. The molecule has 1 saturated carbocycles. The summed E-state index contributed by atoms with van der Waals surface area (Å²) in [6.45, 7) is 3.47. The van der Waals surface area contributed by atoms with E-state index in [1.54, 1.807) is 40.4 Å². The van der Waals surface area contributed by atoms with Gasteiger partial charge in [0.15, 0.2) is 0 Å². The third-order valence-electron chi connectivity index (χ3n) is 7.01. The minimum absolute atomic E-state index is 0.0635. The number of imidazole rings is 1. The zero-order chi connectivity index (χ0) is 26.8. The van der Waals surface area contributed by atoms with E-state index >= 15 is 0 Å². The first-order chi connectivity index (χ1) is 18.4. The molecule has 38 heavy (non-hydrogen) atoms. The number of carbonyl (C=O) groups excluding carboxylic acids is 3. The highest BCUT2D eigenvalue weighted by molar-refractivity contribution is 6.03. The van der Waals surface area contributed by atoms with Crippen LogP contribution in [0.5, 0.6) is 0 Å². The fourth-order valence-corrected chi connectivity index (χ4v) is 5.07. The average molecular weight is 517 g/mol. The highest BCUT2D eigenvalue weighted by Gasteiger charge is 2.23. The van der Waals surface area contributed by atoms with Crippen LogP contribution in [0.25, 0.3) is 27.8 Å². The SMILES string of the molecule is CCOC(=O)CNc1c(-c2cn(C(C)=O)c3ccccc23)nc2cc(C(=O)NC3CCC(N)CC3)ccn12. The smallest absolute Gasteiger partial charge is 0.325 e. The Bertz CT molecular complexity index is 1510. The summed E-state index contributed by atoms with van der Waals surface area (Å²) in [4.78, 5) is 42.4. The zero-order valence-electron chi connectivity index (χ0n) is 21.6. The fourth-order valence-electron chi connectivity index (χ4n) is 5.07. The topological polar surface area (TPSA) is 133 Å². The number of amides is 1. The van der Waals surface area contributed by atoms with Gasteiger partial charge in [-0.25, -0.2) is 4.98 Å². The van der Waals surface area contributed by atoms with E-state index in [0.717, 1.165) is 42.1 Å². The van der Waals surface area contributed by atoms with Crippen molar-refractivity contribution in [3.63, 3.8) is 0 Å².